The van der Waals surface area contributed by atoms with Gasteiger partial charge in [-0.05, 0) is 31.0 Å². The molecule has 1 atom stereocenters. The summed E-state index contributed by atoms with van der Waals surface area (Å²) in [5.41, 5.74) is 3.07. The standard InChI is InChI=1S/C19H22N6OS/c1-3-16(14-8-6-13(2)7-9-14)22-17(26)12-27-19-24-23-18(25(19)20)15-5-4-10-21-11-15/h4-11,16H,3,12,20H2,1-2H3,(H,22,26)/t16-/m0/s1. The Balaban J connectivity index is 1.60. The first-order valence-corrected chi connectivity index (χ1v) is 9.66. The molecule has 0 spiro atoms. The summed E-state index contributed by atoms with van der Waals surface area (Å²) in [4.78, 5) is 16.4. The maximum Gasteiger partial charge on any atom is 0.230 e. The number of amides is 1. The topological polar surface area (TPSA) is 98.7 Å². The van der Waals surface area contributed by atoms with Crippen LogP contribution in [-0.4, -0.2) is 31.5 Å². The van der Waals surface area contributed by atoms with E-state index in [1.165, 1.54) is 22.0 Å². The normalized spacial score (nSPS) is 11.9. The van der Waals surface area contributed by atoms with Crippen LogP contribution in [0.25, 0.3) is 11.4 Å². The largest absolute Gasteiger partial charge is 0.349 e. The van der Waals surface area contributed by atoms with Crippen molar-refractivity contribution in [3.05, 3.63) is 59.9 Å². The van der Waals surface area contributed by atoms with E-state index in [2.05, 4.69) is 39.6 Å². The zero-order valence-electron chi connectivity index (χ0n) is 15.3. The third-order valence-corrected chi connectivity index (χ3v) is 5.08. The van der Waals surface area contributed by atoms with Crippen LogP contribution in [0.1, 0.15) is 30.5 Å². The number of carbonyl (C=O) groups is 1. The molecule has 3 rings (SSSR count). The molecule has 8 heteroatoms. The van der Waals surface area contributed by atoms with Gasteiger partial charge < -0.3 is 11.2 Å². The molecule has 1 amide bonds. The molecule has 140 valence electrons. The number of carbonyl (C=O) groups excluding carboxylic acids is 1. The molecule has 0 aliphatic carbocycles. The highest BCUT2D eigenvalue weighted by Crippen LogP contribution is 2.21. The van der Waals surface area contributed by atoms with Crippen LogP contribution in [-0.2, 0) is 4.79 Å². The van der Waals surface area contributed by atoms with Gasteiger partial charge in [-0.15, -0.1) is 10.2 Å². The van der Waals surface area contributed by atoms with E-state index in [0.717, 1.165) is 17.5 Å². The number of hydrogen-bond donors (Lipinski definition) is 2. The van der Waals surface area contributed by atoms with Crippen LogP contribution in [0.3, 0.4) is 0 Å². The fourth-order valence-electron chi connectivity index (χ4n) is 2.65. The number of nitrogen functional groups attached to an aromatic ring is 1. The fourth-order valence-corrected chi connectivity index (χ4v) is 3.32. The summed E-state index contributed by atoms with van der Waals surface area (Å²) in [5.74, 6) is 6.72. The van der Waals surface area contributed by atoms with Crippen molar-refractivity contribution in [2.45, 2.75) is 31.5 Å². The Kier molecular flexibility index (Phi) is 6.08. The van der Waals surface area contributed by atoms with Gasteiger partial charge >= 0.3 is 0 Å². The number of nitrogens with zero attached hydrogens (tertiary/aromatic N) is 4. The number of hydrogen-bond acceptors (Lipinski definition) is 6. The van der Waals surface area contributed by atoms with E-state index in [-0.39, 0.29) is 17.7 Å². The Morgan fingerprint density at radius 3 is 2.70 bits per heavy atom. The van der Waals surface area contributed by atoms with Crippen LogP contribution in [0.15, 0.2) is 53.9 Å². The molecule has 7 nitrogen and oxygen atoms in total. The van der Waals surface area contributed by atoms with Crippen LogP contribution >= 0.6 is 11.8 Å². The number of rotatable bonds is 7. The number of thioether (sulfide) groups is 1. The Morgan fingerprint density at radius 1 is 1.26 bits per heavy atom. The summed E-state index contributed by atoms with van der Waals surface area (Å²) in [7, 11) is 0. The van der Waals surface area contributed by atoms with E-state index in [4.69, 9.17) is 5.84 Å². The van der Waals surface area contributed by atoms with Crippen molar-refractivity contribution in [3.8, 4) is 11.4 Å². The summed E-state index contributed by atoms with van der Waals surface area (Å²) in [5, 5.41) is 11.7. The van der Waals surface area contributed by atoms with Gasteiger partial charge in [0.25, 0.3) is 0 Å². The molecule has 0 saturated carbocycles. The molecular weight excluding hydrogens is 360 g/mol. The fraction of sp³-hybridized carbons (Fsp3) is 0.263. The number of aromatic nitrogens is 4. The molecular formula is C19H22N6OS. The molecule has 3 N–H and O–H groups in total. The van der Waals surface area contributed by atoms with Gasteiger partial charge in [-0.1, -0.05) is 48.5 Å². The minimum Gasteiger partial charge on any atom is -0.349 e. The number of pyridine rings is 1. The van der Waals surface area contributed by atoms with E-state index in [9.17, 15) is 4.79 Å². The first-order chi connectivity index (χ1) is 13.1. The molecule has 27 heavy (non-hydrogen) atoms. The number of benzene rings is 1. The van der Waals surface area contributed by atoms with Gasteiger partial charge in [0.05, 0.1) is 11.8 Å². The summed E-state index contributed by atoms with van der Waals surface area (Å²) in [6.45, 7) is 4.09. The van der Waals surface area contributed by atoms with E-state index in [0.29, 0.717) is 11.0 Å². The van der Waals surface area contributed by atoms with Gasteiger partial charge in [0, 0.05) is 18.0 Å². The van der Waals surface area contributed by atoms with Crippen molar-refractivity contribution >= 4 is 17.7 Å². The third kappa shape index (κ3) is 4.65. The zero-order valence-corrected chi connectivity index (χ0v) is 16.1. The molecule has 2 heterocycles. The van der Waals surface area contributed by atoms with E-state index in [1.54, 1.807) is 18.5 Å². The zero-order chi connectivity index (χ0) is 19.2. The quantitative estimate of drug-likeness (QED) is 0.481. The van der Waals surface area contributed by atoms with Gasteiger partial charge in [-0.3, -0.25) is 9.78 Å². The van der Waals surface area contributed by atoms with Crippen LogP contribution in [0.4, 0.5) is 0 Å². The second-order valence-corrected chi connectivity index (χ2v) is 7.09. The lowest BCUT2D eigenvalue weighted by Crippen LogP contribution is -2.29. The van der Waals surface area contributed by atoms with E-state index >= 15 is 0 Å². The molecule has 0 aliphatic heterocycles. The molecule has 1 aromatic carbocycles. The first kappa shape index (κ1) is 18.9. The van der Waals surface area contributed by atoms with Crippen molar-refractivity contribution < 1.29 is 4.79 Å². The van der Waals surface area contributed by atoms with Crippen molar-refractivity contribution in [1.29, 1.82) is 0 Å². The van der Waals surface area contributed by atoms with Gasteiger partial charge in [0.15, 0.2) is 5.82 Å². The SMILES string of the molecule is CC[C@H](NC(=O)CSc1nnc(-c2cccnc2)n1N)c1ccc(C)cc1. The summed E-state index contributed by atoms with van der Waals surface area (Å²) in [6.07, 6.45) is 4.17. The van der Waals surface area contributed by atoms with E-state index in [1.807, 2.05) is 25.1 Å². The third-order valence-electron chi connectivity index (χ3n) is 4.14. The first-order valence-electron chi connectivity index (χ1n) is 8.68. The maximum absolute atomic E-state index is 12.4. The number of aryl methyl sites for hydroxylation is 1. The summed E-state index contributed by atoms with van der Waals surface area (Å²) >= 11 is 1.25. The Labute approximate surface area is 162 Å². The number of nitrogens with two attached hydrogens (primary N) is 1. The number of nitrogens with one attached hydrogen (secondary N) is 1. The van der Waals surface area contributed by atoms with Gasteiger partial charge in [0.2, 0.25) is 11.1 Å². The Bertz CT molecular complexity index is 894. The molecule has 3 aromatic rings. The highest BCUT2D eigenvalue weighted by atomic mass is 32.2. The van der Waals surface area contributed by atoms with Crippen LogP contribution in [0, 0.1) is 6.92 Å². The predicted octanol–water partition coefficient (Wildman–Crippen LogP) is 2.72. The summed E-state index contributed by atoms with van der Waals surface area (Å²) in [6, 6.07) is 11.8. The minimum absolute atomic E-state index is 0.0135. The van der Waals surface area contributed by atoms with Crippen LogP contribution in [0.2, 0.25) is 0 Å². The van der Waals surface area contributed by atoms with Crippen molar-refractivity contribution in [1.82, 2.24) is 25.2 Å². The van der Waals surface area contributed by atoms with Crippen molar-refractivity contribution in [3.63, 3.8) is 0 Å². The average molecular weight is 382 g/mol. The molecule has 0 fully saturated rings. The van der Waals surface area contributed by atoms with Crippen molar-refractivity contribution in [2.75, 3.05) is 11.6 Å². The molecule has 0 unspecified atom stereocenters. The molecule has 0 bridgehead atoms. The monoisotopic (exact) mass is 382 g/mol. The lowest BCUT2D eigenvalue weighted by atomic mass is 10.0. The lowest BCUT2D eigenvalue weighted by molar-refractivity contribution is -0.119. The summed E-state index contributed by atoms with van der Waals surface area (Å²) < 4.78 is 1.38. The van der Waals surface area contributed by atoms with Crippen LogP contribution < -0.4 is 11.2 Å². The second-order valence-electron chi connectivity index (χ2n) is 6.15. The highest BCUT2D eigenvalue weighted by molar-refractivity contribution is 7.99. The van der Waals surface area contributed by atoms with E-state index < -0.39 is 0 Å². The van der Waals surface area contributed by atoms with Crippen LogP contribution in [0.5, 0.6) is 0 Å². The Hall–Kier alpha value is -2.87. The van der Waals surface area contributed by atoms with Crippen molar-refractivity contribution in [2.24, 2.45) is 0 Å². The maximum atomic E-state index is 12.4. The molecule has 0 saturated heterocycles. The molecule has 0 radical (unpaired) electrons. The second kappa shape index (κ2) is 8.68. The lowest BCUT2D eigenvalue weighted by Gasteiger charge is -2.17. The molecule has 2 aromatic heterocycles. The van der Waals surface area contributed by atoms with Gasteiger partial charge in [-0.25, -0.2) is 4.68 Å². The van der Waals surface area contributed by atoms with Gasteiger partial charge in [-0.2, -0.15) is 0 Å². The minimum atomic E-state index is -0.0710. The predicted molar refractivity (Wildman–Crippen MR) is 106 cm³/mol. The molecule has 0 aliphatic rings. The van der Waals surface area contributed by atoms with Gasteiger partial charge in [0.1, 0.15) is 0 Å². The average Bonchev–Trinajstić information content (AvgIpc) is 3.06. The Morgan fingerprint density at radius 2 is 2.04 bits per heavy atom. The highest BCUT2D eigenvalue weighted by Gasteiger charge is 2.16. The smallest absolute Gasteiger partial charge is 0.230 e.